The summed E-state index contributed by atoms with van der Waals surface area (Å²) in [5.74, 6) is -0.696. The molecule has 0 aliphatic carbocycles. The van der Waals surface area contributed by atoms with Crippen LogP contribution in [0.5, 0.6) is 5.75 Å². The fraction of sp³-hybridized carbons (Fsp3) is 0.273. The van der Waals surface area contributed by atoms with Gasteiger partial charge in [-0.2, -0.15) is 0 Å². The van der Waals surface area contributed by atoms with Gasteiger partial charge >= 0.3 is 5.97 Å². The molecule has 34 heavy (non-hydrogen) atoms. The van der Waals surface area contributed by atoms with Crippen LogP contribution in [0.15, 0.2) is 48.5 Å². The number of nitrogens with one attached hydrogen (secondary N) is 2. The number of hydrogen-bond donors (Lipinski definition) is 4. The molecule has 2 aromatic carbocycles. The molecule has 2 aromatic rings. The minimum atomic E-state index is -0.517. The number of esters is 1. The van der Waals surface area contributed by atoms with Crippen molar-refractivity contribution in [3.8, 4) is 5.75 Å². The van der Waals surface area contributed by atoms with E-state index in [0.717, 1.165) is 5.56 Å². The van der Waals surface area contributed by atoms with E-state index in [0.29, 0.717) is 43.2 Å². The smallest absolute Gasteiger partial charge is 0.343 e. The Bertz CT molecular complexity index is 993. The number of halogens is 2. The molecule has 0 bridgehead atoms. The first-order chi connectivity index (χ1) is 15.3. The Morgan fingerprint density at radius 2 is 1.50 bits per heavy atom. The second-order valence-corrected chi connectivity index (χ2v) is 7.45. The van der Waals surface area contributed by atoms with Gasteiger partial charge in [0.05, 0.1) is 18.5 Å². The molecular formula is C22H28Cl2N6O4. The van der Waals surface area contributed by atoms with Crippen LogP contribution >= 0.6 is 24.8 Å². The van der Waals surface area contributed by atoms with Crippen molar-refractivity contribution in [1.29, 1.82) is 5.41 Å². The fourth-order valence-corrected chi connectivity index (χ4v) is 3.35. The molecule has 3 rings (SSSR count). The Labute approximate surface area is 209 Å². The Kier molecular flexibility index (Phi) is 11.3. The highest BCUT2D eigenvalue weighted by Gasteiger charge is 2.22. The van der Waals surface area contributed by atoms with Gasteiger partial charge in [-0.05, 0) is 42.0 Å². The van der Waals surface area contributed by atoms with Gasteiger partial charge in [-0.3, -0.25) is 19.9 Å². The van der Waals surface area contributed by atoms with Crippen LogP contribution in [0.1, 0.15) is 15.9 Å². The van der Waals surface area contributed by atoms with Gasteiger partial charge in [0.15, 0.2) is 5.96 Å². The number of ether oxygens (including phenoxy) is 1. The highest BCUT2D eigenvalue weighted by molar-refractivity contribution is 5.93. The largest absolute Gasteiger partial charge is 0.423 e. The summed E-state index contributed by atoms with van der Waals surface area (Å²) < 4.78 is 5.38. The minimum Gasteiger partial charge on any atom is -0.423 e. The molecule has 184 valence electrons. The number of nitrogens with two attached hydrogens (primary N) is 2. The summed E-state index contributed by atoms with van der Waals surface area (Å²) in [5.41, 5.74) is 12.2. The molecule has 1 heterocycles. The molecule has 12 heteroatoms. The second kappa shape index (κ2) is 13.4. The van der Waals surface area contributed by atoms with Crippen LogP contribution < -0.4 is 21.5 Å². The maximum absolute atomic E-state index is 12.5. The number of anilines is 1. The molecular weight excluding hydrogens is 483 g/mol. The van der Waals surface area contributed by atoms with E-state index in [2.05, 4.69) is 5.32 Å². The number of primary amides is 1. The predicted octanol–water partition coefficient (Wildman–Crippen LogP) is 1.23. The van der Waals surface area contributed by atoms with Crippen LogP contribution in [0.3, 0.4) is 0 Å². The van der Waals surface area contributed by atoms with E-state index < -0.39 is 5.97 Å². The predicted molar refractivity (Wildman–Crippen MR) is 134 cm³/mol. The zero-order chi connectivity index (χ0) is 23.1. The van der Waals surface area contributed by atoms with Crippen LogP contribution in [0, 0.1) is 5.41 Å². The van der Waals surface area contributed by atoms with Gasteiger partial charge in [0.1, 0.15) is 5.75 Å². The van der Waals surface area contributed by atoms with Crippen LogP contribution in [0.2, 0.25) is 0 Å². The molecule has 0 unspecified atom stereocenters. The van der Waals surface area contributed by atoms with E-state index in [9.17, 15) is 14.4 Å². The molecule has 10 nitrogen and oxygen atoms in total. The van der Waals surface area contributed by atoms with Crippen LogP contribution in [-0.4, -0.2) is 66.3 Å². The first-order valence-corrected chi connectivity index (χ1v) is 10.1. The molecule has 2 amide bonds. The molecule has 0 saturated carbocycles. The zero-order valence-electron chi connectivity index (χ0n) is 18.4. The van der Waals surface area contributed by atoms with E-state index in [1.807, 2.05) is 4.90 Å². The van der Waals surface area contributed by atoms with Gasteiger partial charge in [0.25, 0.3) is 0 Å². The van der Waals surface area contributed by atoms with Crippen molar-refractivity contribution in [3.63, 3.8) is 0 Å². The highest BCUT2D eigenvalue weighted by atomic mass is 35.5. The quantitative estimate of drug-likeness (QED) is 0.189. The SMILES string of the molecule is Cl.Cl.N=C(N)Nc1ccc(C(=O)Oc2ccc(CC(=O)N3CCN(CC(N)=O)CC3)cc2)cc1. The Balaban J connectivity index is 0.00000289. The van der Waals surface area contributed by atoms with E-state index in [4.69, 9.17) is 21.6 Å². The summed E-state index contributed by atoms with van der Waals surface area (Å²) >= 11 is 0. The lowest BCUT2D eigenvalue weighted by Crippen LogP contribution is -2.50. The van der Waals surface area contributed by atoms with Gasteiger partial charge in [-0.1, -0.05) is 12.1 Å². The summed E-state index contributed by atoms with van der Waals surface area (Å²) in [6, 6.07) is 13.2. The van der Waals surface area contributed by atoms with Crippen LogP contribution in [0.4, 0.5) is 5.69 Å². The van der Waals surface area contributed by atoms with Crippen molar-refractivity contribution < 1.29 is 19.1 Å². The second-order valence-electron chi connectivity index (χ2n) is 7.45. The molecule has 1 saturated heterocycles. The first-order valence-electron chi connectivity index (χ1n) is 10.1. The molecule has 1 aliphatic rings. The summed E-state index contributed by atoms with van der Waals surface area (Å²) in [6.45, 7) is 2.57. The molecule has 0 atom stereocenters. The number of amides is 2. The van der Waals surface area contributed by atoms with Gasteiger partial charge in [0.2, 0.25) is 11.8 Å². The van der Waals surface area contributed by atoms with E-state index in [1.165, 1.54) is 0 Å². The first kappa shape index (κ1) is 28.7. The Morgan fingerprint density at radius 3 is 2.03 bits per heavy atom. The van der Waals surface area contributed by atoms with Crippen molar-refractivity contribution >= 4 is 54.2 Å². The lowest BCUT2D eigenvalue weighted by atomic mass is 10.1. The molecule has 0 spiro atoms. The third-order valence-corrected chi connectivity index (χ3v) is 4.99. The topological polar surface area (TPSA) is 155 Å². The third-order valence-electron chi connectivity index (χ3n) is 4.99. The third kappa shape index (κ3) is 8.54. The number of piperazine rings is 1. The standard InChI is InChI=1S/C22H26N6O4.2ClH/c23-19(29)14-27-9-11-28(12-10-27)20(30)13-15-1-7-18(8-2-15)32-21(31)16-3-5-17(6-4-16)26-22(24)25;;/h1-8H,9-14H2,(H2,23,29)(H4,24,25,26);2*1H. The normalized spacial score (nSPS) is 13.1. The fourth-order valence-electron chi connectivity index (χ4n) is 3.35. The number of rotatable bonds is 7. The maximum Gasteiger partial charge on any atom is 0.343 e. The molecule has 0 aromatic heterocycles. The average Bonchev–Trinajstić information content (AvgIpc) is 2.75. The zero-order valence-corrected chi connectivity index (χ0v) is 20.0. The number of carbonyl (C=O) groups is 3. The Morgan fingerprint density at radius 1 is 0.912 bits per heavy atom. The number of benzene rings is 2. The van der Waals surface area contributed by atoms with Gasteiger partial charge in [-0.25, -0.2) is 4.79 Å². The lowest BCUT2D eigenvalue weighted by molar-refractivity contribution is -0.132. The van der Waals surface area contributed by atoms with E-state index >= 15 is 0 Å². The highest BCUT2D eigenvalue weighted by Crippen LogP contribution is 2.17. The van der Waals surface area contributed by atoms with Crippen molar-refractivity contribution in [3.05, 3.63) is 59.7 Å². The van der Waals surface area contributed by atoms with Gasteiger partial charge in [-0.15, -0.1) is 24.8 Å². The minimum absolute atomic E-state index is 0. The van der Waals surface area contributed by atoms with Crippen LogP contribution in [-0.2, 0) is 16.0 Å². The summed E-state index contributed by atoms with van der Waals surface area (Å²) in [7, 11) is 0. The lowest BCUT2D eigenvalue weighted by Gasteiger charge is -2.34. The van der Waals surface area contributed by atoms with Gasteiger partial charge in [0, 0.05) is 31.9 Å². The summed E-state index contributed by atoms with van der Waals surface area (Å²) in [4.78, 5) is 39.6. The molecule has 1 aliphatic heterocycles. The van der Waals surface area contributed by atoms with E-state index in [-0.39, 0.29) is 55.6 Å². The summed E-state index contributed by atoms with van der Waals surface area (Å²) in [5, 5.41) is 9.83. The molecule has 1 fully saturated rings. The van der Waals surface area contributed by atoms with Crippen molar-refractivity contribution in [2.45, 2.75) is 6.42 Å². The number of nitrogens with zero attached hydrogens (tertiary/aromatic N) is 2. The maximum atomic E-state index is 12.5. The van der Waals surface area contributed by atoms with Crippen molar-refractivity contribution in [2.24, 2.45) is 11.5 Å². The van der Waals surface area contributed by atoms with Gasteiger partial charge < -0.3 is 26.4 Å². The number of hydrogen-bond acceptors (Lipinski definition) is 6. The molecule has 0 radical (unpaired) electrons. The van der Waals surface area contributed by atoms with Crippen LogP contribution in [0.25, 0.3) is 0 Å². The van der Waals surface area contributed by atoms with Crippen molar-refractivity contribution in [2.75, 3.05) is 38.0 Å². The van der Waals surface area contributed by atoms with E-state index in [1.54, 1.807) is 53.4 Å². The monoisotopic (exact) mass is 510 g/mol. The van der Waals surface area contributed by atoms with Crippen molar-refractivity contribution in [1.82, 2.24) is 9.80 Å². The number of carbonyl (C=O) groups excluding carboxylic acids is 3. The Hall–Kier alpha value is -3.34. The number of guanidine groups is 1. The average molecular weight is 511 g/mol. The molecule has 6 N–H and O–H groups in total. The summed E-state index contributed by atoms with van der Waals surface area (Å²) in [6.07, 6.45) is 0.245.